The zero-order chi connectivity index (χ0) is 42.5. The van der Waals surface area contributed by atoms with E-state index in [1.54, 1.807) is 0 Å². The summed E-state index contributed by atoms with van der Waals surface area (Å²) in [4.78, 5) is 0. The third-order valence-corrected chi connectivity index (χ3v) is 12.4. The van der Waals surface area contributed by atoms with Gasteiger partial charge in [-0.3, -0.25) is 0 Å². The summed E-state index contributed by atoms with van der Waals surface area (Å²) in [5, 5.41) is 0. The molecule has 0 saturated carbocycles. The van der Waals surface area contributed by atoms with Gasteiger partial charge in [-0.2, -0.15) is 4.57 Å². The highest BCUT2D eigenvalue weighted by atomic mass is 31.2. The quantitative estimate of drug-likeness (QED) is 0.115. The summed E-state index contributed by atoms with van der Waals surface area (Å²) in [6, 6.07) is 73.2. The molecule has 62 heavy (non-hydrogen) atoms. The minimum Gasteiger partial charge on any atom is -0.385 e. The van der Waals surface area contributed by atoms with Gasteiger partial charge in [-0.1, -0.05) is 218 Å². The van der Waals surface area contributed by atoms with E-state index in [0.29, 0.717) is 17.2 Å². The van der Waals surface area contributed by atoms with Crippen LogP contribution in [0.1, 0.15) is 16.7 Å². The average Bonchev–Trinajstić information content (AvgIpc) is 3.32. The Morgan fingerprint density at radius 3 is 0.758 bits per heavy atom. The lowest BCUT2D eigenvalue weighted by Crippen LogP contribution is -2.11. The number of rotatable bonds is 12. The summed E-state index contributed by atoms with van der Waals surface area (Å²) in [5.74, 6) is 1.21. The van der Waals surface area contributed by atoms with Crippen LogP contribution in [-0.4, -0.2) is 0 Å². The van der Waals surface area contributed by atoms with Gasteiger partial charge in [-0.15, -0.1) is 0 Å². The molecule has 0 aliphatic carbocycles. The number of hydrogen-bond donors (Lipinski definition) is 0. The van der Waals surface area contributed by atoms with Crippen LogP contribution in [0.15, 0.2) is 218 Å². The Hall–Kier alpha value is -7.39. The van der Waals surface area contributed by atoms with Gasteiger partial charge in [-0.05, 0) is 87.5 Å². The van der Waals surface area contributed by atoms with Crippen LogP contribution in [0, 0.1) is 20.8 Å². The highest BCUT2D eigenvalue weighted by molar-refractivity contribution is 7.49. The maximum absolute atomic E-state index is 16.3. The predicted octanol–water partition coefficient (Wildman–Crippen LogP) is 16.3. The molecule has 0 heterocycles. The van der Waals surface area contributed by atoms with E-state index in [1.807, 2.05) is 166 Å². The molecule has 9 aromatic carbocycles. The molecule has 0 radical (unpaired) electrons. The molecule has 0 aliphatic heterocycles. The van der Waals surface area contributed by atoms with Crippen molar-refractivity contribution in [3.63, 3.8) is 0 Å². The molecule has 0 bridgehead atoms. The molecule has 9 aromatic rings. The predicted molar refractivity (Wildman–Crippen MR) is 256 cm³/mol. The van der Waals surface area contributed by atoms with Crippen molar-refractivity contribution in [2.45, 2.75) is 20.8 Å². The van der Waals surface area contributed by atoms with E-state index in [-0.39, 0.29) is 0 Å². The second kappa shape index (κ2) is 17.7. The van der Waals surface area contributed by atoms with Crippen molar-refractivity contribution >= 4 is 7.82 Å². The van der Waals surface area contributed by atoms with Gasteiger partial charge in [0.15, 0.2) is 0 Å². The van der Waals surface area contributed by atoms with E-state index in [9.17, 15) is 0 Å². The normalized spacial score (nSPS) is 11.2. The molecule has 9 rings (SSSR count). The Balaban J connectivity index is 1.24. The Morgan fingerprint density at radius 2 is 0.484 bits per heavy atom. The zero-order valence-electron chi connectivity index (χ0n) is 34.9. The smallest absolute Gasteiger partial charge is 0.385 e. The fourth-order valence-corrected chi connectivity index (χ4v) is 9.62. The van der Waals surface area contributed by atoms with E-state index >= 15 is 4.57 Å². The maximum Gasteiger partial charge on any atom is 0.647 e. The molecule has 5 heteroatoms. The third-order valence-electron chi connectivity index (χ3n) is 11.2. The molecule has 0 saturated heterocycles. The van der Waals surface area contributed by atoms with Crippen molar-refractivity contribution in [2.75, 3.05) is 0 Å². The minimum absolute atomic E-state index is 0.402. The molecule has 0 unspecified atom stereocenters. The van der Waals surface area contributed by atoms with Crippen LogP contribution in [0.5, 0.6) is 17.2 Å². The molecule has 0 aromatic heterocycles. The highest BCUT2D eigenvalue weighted by Crippen LogP contribution is 2.57. The van der Waals surface area contributed by atoms with Gasteiger partial charge in [0.1, 0.15) is 17.2 Å². The van der Waals surface area contributed by atoms with Gasteiger partial charge >= 0.3 is 7.82 Å². The summed E-state index contributed by atoms with van der Waals surface area (Å²) in [5.41, 5.74) is 13.6. The van der Waals surface area contributed by atoms with E-state index in [2.05, 4.69) is 72.8 Å². The number of benzene rings is 9. The van der Waals surface area contributed by atoms with Crippen LogP contribution in [0.3, 0.4) is 0 Å². The number of hydrogen-bond acceptors (Lipinski definition) is 4. The van der Waals surface area contributed by atoms with Crippen LogP contribution in [-0.2, 0) is 4.57 Å². The Morgan fingerprint density at radius 1 is 0.258 bits per heavy atom. The van der Waals surface area contributed by atoms with Crippen molar-refractivity contribution in [2.24, 2.45) is 0 Å². The van der Waals surface area contributed by atoms with Gasteiger partial charge in [-0.25, -0.2) is 0 Å². The van der Waals surface area contributed by atoms with E-state index < -0.39 is 7.82 Å². The lowest BCUT2D eigenvalue weighted by molar-refractivity contribution is 0.297. The largest absolute Gasteiger partial charge is 0.647 e. The molecule has 0 spiro atoms. The van der Waals surface area contributed by atoms with E-state index in [1.165, 1.54) is 0 Å². The lowest BCUT2D eigenvalue weighted by Gasteiger charge is -2.26. The molecule has 0 aliphatic rings. The molecular weight excluding hydrogens is 780 g/mol. The van der Waals surface area contributed by atoms with Crippen molar-refractivity contribution in [3.05, 3.63) is 235 Å². The zero-order valence-corrected chi connectivity index (χ0v) is 35.8. The van der Waals surface area contributed by atoms with Gasteiger partial charge in [0.2, 0.25) is 0 Å². The molecule has 4 nitrogen and oxygen atoms in total. The van der Waals surface area contributed by atoms with Gasteiger partial charge in [0.05, 0.1) is 0 Å². The van der Waals surface area contributed by atoms with Crippen molar-refractivity contribution in [1.82, 2.24) is 0 Å². The molecular formula is C57H45O4P. The van der Waals surface area contributed by atoms with Gasteiger partial charge in [0.25, 0.3) is 0 Å². The molecule has 0 N–H and O–H groups in total. The van der Waals surface area contributed by atoms with Gasteiger partial charge in [0, 0.05) is 16.7 Å². The third kappa shape index (κ3) is 8.21. The van der Waals surface area contributed by atoms with Crippen molar-refractivity contribution < 1.29 is 18.1 Å². The van der Waals surface area contributed by atoms with Crippen molar-refractivity contribution in [3.8, 4) is 84.0 Å². The molecule has 0 amide bonds. The first-order valence-corrected chi connectivity index (χ1v) is 22.2. The first-order chi connectivity index (χ1) is 30.4. The van der Waals surface area contributed by atoms with E-state index in [0.717, 1.165) is 83.5 Å². The Labute approximate surface area is 364 Å². The first-order valence-electron chi connectivity index (χ1n) is 20.8. The number of para-hydroxylation sites is 3. The SMILES string of the molecule is Cc1cccc(-c2ccccc2-c2ccccc2)c1OP(=O)(Oc1c(C)cccc1-c1ccccc1-c1ccccc1)Oc1c(C)cccc1-c1ccccc1-c1ccccc1. The summed E-state index contributed by atoms with van der Waals surface area (Å²) < 4.78 is 37.2. The average molecular weight is 825 g/mol. The fourth-order valence-electron chi connectivity index (χ4n) is 8.11. The second-order valence-corrected chi connectivity index (χ2v) is 16.8. The Kier molecular flexibility index (Phi) is 11.4. The number of phosphoric acid groups is 1. The number of phosphoric ester groups is 1. The Bertz CT molecular complexity index is 2720. The fraction of sp³-hybridized carbons (Fsp3) is 0.0526. The van der Waals surface area contributed by atoms with Crippen LogP contribution < -0.4 is 13.6 Å². The van der Waals surface area contributed by atoms with Crippen molar-refractivity contribution in [1.29, 1.82) is 0 Å². The highest BCUT2D eigenvalue weighted by Gasteiger charge is 2.38. The summed E-state index contributed by atoms with van der Waals surface area (Å²) >= 11 is 0. The standard InChI is InChI=1S/C57H45O4P/c1-40-22-19-37-52(49-34-16-13-31-46(49)43-25-7-4-8-26-43)55(40)59-62(58,60-56-41(2)23-20-38-53(56)50-35-17-14-32-47(50)44-27-9-5-10-28-44)61-57-42(3)24-21-39-54(57)51-36-18-15-33-48(51)45-29-11-6-12-30-45/h4-39H,1-3H3. The summed E-state index contributed by atoms with van der Waals surface area (Å²) in [6.07, 6.45) is 0. The van der Waals surface area contributed by atoms with Crippen LogP contribution in [0.2, 0.25) is 0 Å². The summed E-state index contributed by atoms with van der Waals surface area (Å²) in [6.45, 7) is 5.87. The minimum atomic E-state index is -4.67. The summed E-state index contributed by atoms with van der Waals surface area (Å²) in [7, 11) is -4.67. The molecule has 0 atom stereocenters. The van der Waals surface area contributed by atoms with Crippen LogP contribution in [0.25, 0.3) is 66.8 Å². The second-order valence-electron chi connectivity index (χ2n) is 15.3. The van der Waals surface area contributed by atoms with Crippen LogP contribution in [0.4, 0.5) is 0 Å². The molecule has 0 fully saturated rings. The topological polar surface area (TPSA) is 44.8 Å². The first kappa shape index (κ1) is 40.0. The lowest BCUT2D eigenvalue weighted by atomic mass is 9.93. The monoisotopic (exact) mass is 824 g/mol. The maximum atomic E-state index is 16.3. The van der Waals surface area contributed by atoms with E-state index in [4.69, 9.17) is 13.6 Å². The molecule has 302 valence electrons. The van der Waals surface area contributed by atoms with Crippen LogP contribution >= 0.6 is 7.82 Å². The van der Waals surface area contributed by atoms with Gasteiger partial charge < -0.3 is 13.6 Å². The number of aryl methyl sites for hydroxylation is 3.